The molecule has 0 aliphatic rings. The first-order valence-corrected chi connectivity index (χ1v) is 4.06. The fourth-order valence-corrected chi connectivity index (χ4v) is 0.750. The summed E-state index contributed by atoms with van der Waals surface area (Å²) in [6.07, 6.45) is 2.65. The third kappa shape index (κ3) is 18.0. The monoisotopic (exact) mass is 130 g/mol. The van der Waals surface area contributed by atoms with Gasteiger partial charge in [-0.3, -0.25) is 0 Å². The maximum absolute atomic E-state index is 2.27. The lowest BCUT2D eigenvalue weighted by atomic mass is 9.91. The van der Waals surface area contributed by atoms with Gasteiger partial charge in [-0.1, -0.05) is 48.0 Å². The van der Waals surface area contributed by atoms with Crippen LogP contribution in [-0.2, 0) is 0 Å². The maximum Gasteiger partial charge on any atom is -0.0383 e. The summed E-state index contributed by atoms with van der Waals surface area (Å²) in [7, 11) is 0. The molecule has 0 aromatic carbocycles. The lowest BCUT2D eigenvalue weighted by Crippen LogP contribution is -2.02. The first kappa shape index (κ1) is 11.8. The molecule has 0 aliphatic heterocycles. The molecule has 0 atom stereocenters. The highest BCUT2D eigenvalue weighted by Gasteiger charge is 2.06. The second kappa shape index (κ2) is 6.12. The number of hydrogen-bond acceptors (Lipinski definition) is 0. The van der Waals surface area contributed by atoms with Crippen molar-refractivity contribution in [1.29, 1.82) is 0 Å². The molecule has 0 fully saturated rings. The molecule has 0 nitrogen and oxygen atoms in total. The zero-order chi connectivity index (χ0) is 7.91. The van der Waals surface area contributed by atoms with Crippen molar-refractivity contribution < 1.29 is 0 Å². The normalized spacial score (nSPS) is 10.0. The molecule has 0 unspecified atom stereocenters. The van der Waals surface area contributed by atoms with Crippen molar-refractivity contribution in [2.24, 2.45) is 5.41 Å². The van der Waals surface area contributed by atoms with Crippen LogP contribution in [0, 0.1) is 5.41 Å². The first-order chi connectivity index (χ1) is 4.06. The van der Waals surface area contributed by atoms with Gasteiger partial charge < -0.3 is 0 Å². The van der Waals surface area contributed by atoms with Gasteiger partial charge in [0.25, 0.3) is 0 Å². The minimum absolute atomic E-state index is 0.550. The summed E-state index contributed by atoms with van der Waals surface area (Å²) < 4.78 is 0. The van der Waals surface area contributed by atoms with Crippen molar-refractivity contribution in [3.05, 3.63) is 0 Å². The second-order valence-electron chi connectivity index (χ2n) is 3.31. The summed E-state index contributed by atoms with van der Waals surface area (Å²) in [5.41, 5.74) is 0.550. The van der Waals surface area contributed by atoms with Crippen LogP contribution in [0.5, 0.6) is 0 Å². The van der Waals surface area contributed by atoms with Crippen molar-refractivity contribution in [2.75, 3.05) is 0 Å². The van der Waals surface area contributed by atoms with Gasteiger partial charge in [0.1, 0.15) is 0 Å². The summed E-state index contributed by atoms with van der Waals surface area (Å²) in [6.45, 7) is 13.1. The van der Waals surface area contributed by atoms with Crippen LogP contribution in [0.25, 0.3) is 0 Å². The Bertz CT molecular complexity index is 38.5. The fourth-order valence-electron chi connectivity index (χ4n) is 0.750. The molecule has 0 radical (unpaired) electrons. The quantitative estimate of drug-likeness (QED) is 0.505. The molecule has 9 heavy (non-hydrogen) atoms. The van der Waals surface area contributed by atoms with Gasteiger partial charge in [0, 0.05) is 0 Å². The van der Waals surface area contributed by atoms with Crippen molar-refractivity contribution in [1.82, 2.24) is 0 Å². The van der Waals surface area contributed by atoms with E-state index in [4.69, 9.17) is 0 Å². The molecule has 0 aliphatic carbocycles. The number of rotatable bonds is 1. The molecule has 0 aromatic heterocycles. The van der Waals surface area contributed by atoms with Gasteiger partial charge in [-0.2, -0.15) is 0 Å². The van der Waals surface area contributed by atoms with E-state index in [1.165, 1.54) is 12.8 Å². The van der Waals surface area contributed by atoms with E-state index in [0.29, 0.717) is 5.41 Å². The van der Waals surface area contributed by atoms with Crippen LogP contribution >= 0.6 is 0 Å². The lowest BCUT2D eigenvalue weighted by Gasteiger charge is -2.15. The van der Waals surface area contributed by atoms with Crippen molar-refractivity contribution in [3.8, 4) is 0 Å². The topological polar surface area (TPSA) is 0 Å². The van der Waals surface area contributed by atoms with E-state index in [0.717, 1.165) is 0 Å². The Labute approximate surface area is 60.7 Å². The molecule has 0 rings (SSSR count). The zero-order valence-corrected chi connectivity index (χ0v) is 7.91. The van der Waals surface area contributed by atoms with E-state index in [1.807, 2.05) is 13.8 Å². The smallest absolute Gasteiger partial charge is 0.0383 e. The Hall–Kier alpha value is 0. The molecule has 0 amide bonds. The molecule has 0 saturated carbocycles. The Morgan fingerprint density at radius 2 is 1.33 bits per heavy atom. The van der Waals surface area contributed by atoms with Gasteiger partial charge in [0.2, 0.25) is 0 Å². The van der Waals surface area contributed by atoms with Crippen molar-refractivity contribution in [2.45, 2.75) is 54.4 Å². The van der Waals surface area contributed by atoms with Crippen LogP contribution in [0.4, 0.5) is 0 Å². The minimum Gasteiger partial charge on any atom is -0.0683 e. The predicted octanol–water partition coefficient (Wildman–Crippen LogP) is 3.86. The van der Waals surface area contributed by atoms with Crippen LogP contribution in [0.1, 0.15) is 54.4 Å². The van der Waals surface area contributed by atoms with E-state index in [2.05, 4.69) is 27.7 Å². The largest absolute Gasteiger partial charge is 0.0683 e. The molecule has 0 heteroatoms. The Kier molecular flexibility index (Phi) is 8.00. The maximum atomic E-state index is 2.27. The zero-order valence-electron chi connectivity index (χ0n) is 7.91. The standard InChI is InChI=1S/C7H16.C2H6/c1-5-6-7(2,3)4;1-2/h5-6H2,1-4H3;1-2H3. The summed E-state index contributed by atoms with van der Waals surface area (Å²) in [4.78, 5) is 0. The van der Waals surface area contributed by atoms with Crippen LogP contribution in [0.15, 0.2) is 0 Å². The third-order valence-corrected chi connectivity index (χ3v) is 1.000. The van der Waals surface area contributed by atoms with E-state index in [9.17, 15) is 0 Å². The number of hydrogen-bond donors (Lipinski definition) is 0. The highest BCUT2D eigenvalue weighted by molar-refractivity contribution is 4.58. The van der Waals surface area contributed by atoms with E-state index in [1.54, 1.807) is 0 Å². The van der Waals surface area contributed by atoms with Crippen LogP contribution < -0.4 is 0 Å². The summed E-state index contributed by atoms with van der Waals surface area (Å²) >= 11 is 0. The first-order valence-electron chi connectivity index (χ1n) is 4.06. The second-order valence-corrected chi connectivity index (χ2v) is 3.31. The minimum atomic E-state index is 0.550. The van der Waals surface area contributed by atoms with Crippen molar-refractivity contribution >= 4 is 0 Å². The fraction of sp³-hybridized carbons (Fsp3) is 1.00. The highest BCUT2D eigenvalue weighted by atomic mass is 14.1. The molecule has 58 valence electrons. The molecular weight excluding hydrogens is 108 g/mol. The van der Waals surface area contributed by atoms with E-state index >= 15 is 0 Å². The lowest BCUT2D eigenvalue weighted by molar-refractivity contribution is 0.373. The average Bonchev–Trinajstić information content (AvgIpc) is 1.69. The van der Waals surface area contributed by atoms with Crippen LogP contribution in [0.2, 0.25) is 0 Å². The van der Waals surface area contributed by atoms with E-state index < -0.39 is 0 Å². The molecule has 0 aromatic rings. The highest BCUT2D eigenvalue weighted by Crippen LogP contribution is 2.19. The summed E-state index contributed by atoms with van der Waals surface area (Å²) in [6, 6.07) is 0. The van der Waals surface area contributed by atoms with Gasteiger partial charge >= 0.3 is 0 Å². The summed E-state index contributed by atoms with van der Waals surface area (Å²) in [5, 5.41) is 0. The van der Waals surface area contributed by atoms with Gasteiger partial charge in [0.05, 0.1) is 0 Å². The molecule has 0 N–H and O–H groups in total. The third-order valence-electron chi connectivity index (χ3n) is 1.000. The SMILES string of the molecule is CC.CCCC(C)(C)C. The van der Waals surface area contributed by atoms with E-state index in [-0.39, 0.29) is 0 Å². The van der Waals surface area contributed by atoms with Gasteiger partial charge in [0.15, 0.2) is 0 Å². The molecular formula is C9H22. The Morgan fingerprint density at radius 3 is 1.33 bits per heavy atom. The molecule has 0 spiro atoms. The average molecular weight is 130 g/mol. The molecule has 0 heterocycles. The van der Waals surface area contributed by atoms with Gasteiger partial charge in [-0.05, 0) is 11.8 Å². The molecule has 0 saturated heterocycles. The van der Waals surface area contributed by atoms with Crippen LogP contribution in [-0.4, -0.2) is 0 Å². The Balaban J connectivity index is 0. The van der Waals surface area contributed by atoms with Gasteiger partial charge in [-0.15, -0.1) is 0 Å². The van der Waals surface area contributed by atoms with Gasteiger partial charge in [-0.25, -0.2) is 0 Å². The van der Waals surface area contributed by atoms with Crippen molar-refractivity contribution in [3.63, 3.8) is 0 Å². The predicted molar refractivity (Wildman–Crippen MR) is 45.7 cm³/mol. The summed E-state index contributed by atoms with van der Waals surface area (Å²) in [5.74, 6) is 0. The molecule has 0 bridgehead atoms. The Morgan fingerprint density at radius 1 is 1.00 bits per heavy atom. The van der Waals surface area contributed by atoms with Crippen LogP contribution in [0.3, 0.4) is 0 Å².